The van der Waals surface area contributed by atoms with Gasteiger partial charge in [0.15, 0.2) is 5.75 Å². The second-order valence-corrected chi connectivity index (χ2v) is 5.52. The molecule has 3 rings (SSSR count). The Morgan fingerprint density at radius 3 is 3.05 bits per heavy atom. The van der Waals surface area contributed by atoms with E-state index in [9.17, 15) is 14.9 Å². The Balaban J connectivity index is 2.07. The second-order valence-electron chi connectivity index (χ2n) is 4.55. The normalized spacial score (nSPS) is 17.1. The topological polar surface area (TPSA) is 97.1 Å². The largest absolute Gasteiger partial charge is 0.490 e. The molecule has 22 heavy (non-hydrogen) atoms. The number of nitro benzene ring substituents is 1. The van der Waals surface area contributed by atoms with Gasteiger partial charge in [0.2, 0.25) is 0 Å². The lowest BCUT2D eigenvalue weighted by molar-refractivity contribution is -0.385. The lowest BCUT2D eigenvalue weighted by Crippen LogP contribution is -2.46. The summed E-state index contributed by atoms with van der Waals surface area (Å²) in [7, 11) is 1.38. The van der Waals surface area contributed by atoms with Crippen molar-refractivity contribution in [2.75, 3.05) is 19.4 Å². The van der Waals surface area contributed by atoms with Gasteiger partial charge in [0, 0.05) is 23.9 Å². The molecule has 0 unspecified atom stereocenters. The summed E-state index contributed by atoms with van der Waals surface area (Å²) < 4.78 is 4.99. The van der Waals surface area contributed by atoms with Crippen molar-refractivity contribution >= 4 is 29.2 Å². The lowest BCUT2D eigenvalue weighted by Gasteiger charge is -2.31. The molecule has 2 amide bonds. The Morgan fingerprint density at radius 2 is 2.32 bits per heavy atom. The molecule has 1 aromatic carbocycles. The maximum atomic E-state index is 11.8. The quantitative estimate of drug-likeness (QED) is 0.678. The molecular weight excluding hydrogens is 308 g/mol. The summed E-state index contributed by atoms with van der Waals surface area (Å²) in [6, 6.07) is 4.31. The van der Waals surface area contributed by atoms with Gasteiger partial charge in [-0.05, 0) is 17.5 Å². The van der Waals surface area contributed by atoms with Crippen LogP contribution in [0.1, 0.15) is 5.56 Å². The molecule has 0 bridgehead atoms. The molecule has 2 aliphatic heterocycles. The maximum absolute atomic E-state index is 11.8. The van der Waals surface area contributed by atoms with E-state index in [1.54, 1.807) is 22.7 Å². The Labute approximate surface area is 130 Å². The van der Waals surface area contributed by atoms with Crippen LogP contribution < -0.4 is 10.2 Å². The summed E-state index contributed by atoms with van der Waals surface area (Å²) in [6.07, 6.45) is 0. The van der Waals surface area contributed by atoms with E-state index in [0.717, 1.165) is 5.75 Å². The van der Waals surface area contributed by atoms with Gasteiger partial charge in [-0.3, -0.25) is 15.0 Å². The second kappa shape index (κ2) is 5.68. The molecule has 1 aromatic rings. The van der Waals surface area contributed by atoms with Gasteiger partial charge in [-0.15, -0.1) is 11.8 Å². The van der Waals surface area contributed by atoms with Crippen LogP contribution in [0.5, 0.6) is 5.75 Å². The van der Waals surface area contributed by atoms with Crippen LogP contribution >= 0.6 is 11.8 Å². The van der Waals surface area contributed by atoms with Crippen LogP contribution in [0.2, 0.25) is 0 Å². The van der Waals surface area contributed by atoms with Gasteiger partial charge in [-0.1, -0.05) is 0 Å². The highest BCUT2D eigenvalue weighted by Gasteiger charge is 2.30. The summed E-state index contributed by atoms with van der Waals surface area (Å²) in [5, 5.41) is 17.0. The third-order valence-corrected chi connectivity index (χ3v) is 4.13. The fourth-order valence-corrected chi connectivity index (χ4v) is 3.08. The first-order chi connectivity index (χ1) is 10.6. The molecule has 114 valence electrons. The molecule has 0 aliphatic carbocycles. The van der Waals surface area contributed by atoms with Crippen LogP contribution in [-0.2, 0) is 0 Å². The number of rotatable bonds is 3. The van der Waals surface area contributed by atoms with E-state index in [-0.39, 0.29) is 17.5 Å². The molecule has 0 fully saturated rings. The maximum Gasteiger partial charge on any atom is 0.342 e. The number of benzene rings is 1. The molecule has 0 aromatic heterocycles. The molecule has 0 saturated carbocycles. The number of fused-ring (bicyclic) bond motifs is 1. The fourth-order valence-electron chi connectivity index (χ4n) is 2.27. The summed E-state index contributed by atoms with van der Waals surface area (Å²) in [5.74, 6) is 0.977. The zero-order valence-corrected chi connectivity index (χ0v) is 12.4. The van der Waals surface area contributed by atoms with E-state index < -0.39 is 4.92 Å². The van der Waals surface area contributed by atoms with Gasteiger partial charge in [0.05, 0.1) is 17.7 Å². The number of nitrogens with zero attached hydrogens (tertiary/aromatic N) is 3. The zero-order chi connectivity index (χ0) is 15.7. The molecule has 2 heterocycles. The highest BCUT2D eigenvalue weighted by atomic mass is 32.2. The first-order valence-corrected chi connectivity index (χ1v) is 7.47. The number of nitro groups is 1. The Morgan fingerprint density at radius 1 is 1.50 bits per heavy atom. The zero-order valence-electron chi connectivity index (χ0n) is 11.6. The predicted octanol–water partition coefficient (Wildman–Crippen LogP) is 1.92. The number of hydrogen-bond acceptors (Lipinski definition) is 6. The first-order valence-electron chi connectivity index (χ1n) is 6.42. The summed E-state index contributed by atoms with van der Waals surface area (Å²) in [6.45, 7) is 0.569. The SMILES string of the molecule is COc1ccc(C2=NNC(=O)N3CCSC=C23)cc1[N+](=O)[O-]. The summed E-state index contributed by atoms with van der Waals surface area (Å²) in [4.78, 5) is 24.0. The number of carbonyl (C=O) groups excluding carboxylic acids is 1. The molecule has 0 atom stereocenters. The molecule has 0 radical (unpaired) electrons. The Hall–Kier alpha value is -2.55. The van der Waals surface area contributed by atoms with Crippen molar-refractivity contribution in [3.8, 4) is 5.75 Å². The number of allylic oxidation sites excluding steroid dienone is 1. The minimum absolute atomic E-state index is 0.143. The lowest BCUT2D eigenvalue weighted by atomic mass is 10.1. The number of nitrogens with one attached hydrogen (secondary N) is 1. The number of hydrogen-bond donors (Lipinski definition) is 1. The molecule has 0 spiro atoms. The Bertz CT molecular complexity index is 716. The van der Waals surface area contributed by atoms with Crippen molar-refractivity contribution < 1.29 is 14.5 Å². The number of methoxy groups -OCH3 is 1. The number of hydrazone groups is 1. The van der Waals surface area contributed by atoms with Gasteiger partial charge in [0.1, 0.15) is 5.71 Å². The van der Waals surface area contributed by atoms with Crippen LogP contribution in [0, 0.1) is 10.1 Å². The molecule has 2 aliphatic rings. The third-order valence-electron chi connectivity index (χ3n) is 3.32. The van der Waals surface area contributed by atoms with E-state index in [1.165, 1.54) is 19.2 Å². The highest BCUT2D eigenvalue weighted by Crippen LogP contribution is 2.31. The van der Waals surface area contributed by atoms with Crippen molar-refractivity contribution in [1.82, 2.24) is 10.3 Å². The van der Waals surface area contributed by atoms with Crippen LogP contribution in [-0.4, -0.2) is 41.0 Å². The average Bonchev–Trinajstić information content (AvgIpc) is 2.55. The van der Waals surface area contributed by atoms with E-state index in [2.05, 4.69) is 10.5 Å². The first kappa shape index (κ1) is 14.4. The molecule has 1 N–H and O–H groups in total. The monoisotopic (exact) mass is 320 g/mol. The number of thioether (sulfide) groups is 1. The van der Waals surface area contributed by atoms with Crippen LogP contribution in [0.25, 0.3) is 0 Å². The number of ether oxygens (including phenoxy) is 1. The highest BCUT2D eigenvalue weighted by molar-refractivity contribution is 8.02. The number of urea groups is 1. The van der Waals surface area contributed by atoms with Crippen molar-refractivity contribution in [2.45, 2.75) is 0 Å². The van der Waals surface area contributed by atoms with Crippen molar-refractivity contribution in [2.24, 2.45) is 5.10 Å². The average molecular weight is 320 g/mol. The van der Waals surface area contributed by atoms with E-state index in [4.69, 9.17) is 4.74 Å². The third kappa shape index (κ3) is 2.39. The minimum Gasteiger partial charge on any atom is -0.490 e. The van der Waals surface area contributed by atoms with Crippen LogP contribution in [0.3, 0.4) is 0 Å². The number of amides is 2. The van der Waals surface area contributed by atoms with Crippen molar-refractivity contribution in [3.63, 3.8) is 0 Å². The Kier molecular flexibility index (Phi) is 3.72. The van der Waals surface area contributed by atoms with Crippen LogP contribution in [0.15, 0.2) is 34.4 Å². The summed E-state index contributed by atoms with van der Waals surface area (Å²) >= 11 is 1.58. The standard InChI is InChI=1S/C13H12N4O4S/c1-21-11-3-2-8(6-9(11)17(19)20)12-10-7-22-5-4-16(10)13(18)15-14-12/h2-3,6-7H,4-5H2,1H3,(H,15,18). The van der Waals surface area contributed by atoms with Gasteiger partial charge in [-0.25, -0.2) is 10.2 Å². The summed E-state index contributed by atoms with van der Waals surface area (Å²) in [5.41, 5.74) is 3.98. The number of carbonyl (C=O) groups is 1. The van der Waals surface area contributed by atoms with Crippen molar-refractivity contribution in [3.05, 3.63) is 45.0 Å². The van der Waals surface area contributed by atoms with Gasteiger partial charge < -0.3 is 4.74 Å². The van der Waals surface area contributed by atoms with Crippen LogP contribution in [0.4, 0.5) is 10.5 Å². The molecule has 9 heteroatoms. The molecule has 0 saturated heterocycles. The van der Waals surface area contributed by atoms with E-state index in [1.807, 2.05) is 5.41 Å². The smallest absolute Gasteiger partial charge is 0.342 e. The molecular formula is C13H12N4O4S. The predicted molar refractivity (Wildman–Crippen MR) is 82.0 cm³/mol. The fraction of sp³-hybridized carbons (Fsp3) is 0.231. The van der Waals surface area contributed by atoms with Gasteiger partial charge in [0.25, 0.3) is 0 Å². The van der Waals surface area contributed by atoms with Gasteiger partial charge >= 0.3 is 11.7 Å². The van der Waals surface area contributed by atoms with Gasteiger partial charge in [-0.2, -0.15) is 5.10 Å². The van der Waals surface area contributed by atoms with E-state index >= 15 is 0 Å². The molecule has 8 nitrogen and oxygen atoms in total. The van der Waals surface area contributed by atoms with E-state index in [0.29, 0.717) is 23.5 Å². The minimum atomic E-state index is -0.508. The van der Waals surface area contributed by atoms with Crippen molar-refractivity contribution in [1.29, 1.82) is 0 Å².